The minimum Gasteiger partial charge on any atom is -0.452 e. The Kier molecular flexibility index (Phi) is 6.88. The Labute approximate surface area is 310 Å². The zero-order valence-corrected chi connectivity index (χ0v) is 30.6. The molecule has 0 fully saturated rings. The number of nitrogens with zero attached hydrogens (tertiary/aromatic N) is 2. The van der Waals surface area contributed by atoms with Crippen molar-refractivity contribution in [1.29, 1.82) is 0 Å². The lowest BCUT2D eigenvalue weighted by atomic mass is 9.69. The van der Waals surface area contributed by atoms with Gasteiger partial charge in [-0.15, -0.1) is 0 Å². The standard InChI is InChI=1S/C49H42N2O2/c1-47(2)31-49(32-48(3,4)41-28-26-36(30-46(41)53-49)51-43-22-12-10-20-38(43)39-21-11-13-23-44(39)51)52-45-29-35(25-27-40(45)47)50(34-17-6-5-7-18-34)42-24-14-16-33-15-8-9-19-37(33)42/h5-30H,31-32H2,1-4H3. The first kappa shape index (κ1) is 31.7. The molecule has 260 valence electrons. The van der Waals surface area contributed by atoms with E-state index in [0.717, 1.165) is 47.1 Å². The average Bonchev–Trinajstić information content (AvgIpc) is 3.49. The third-order valence-corrected chi connectivity index (χ3v) is 11.5. The number of benzene rings is 7. The van der Waals surface area contributed by atoms with Crippen LogP contribution in [-0.2, 0) is 10.8 Å². The van der Waals surface area contributed by atoms with E-state index in [0.29, 0.717) is 0 Å². The Balaban J connectivity index is 1.09. The van der Waals surface area contributed by atoms with Crippen LogP contribution in [0.5, 0.6) is 11.5 Å². The molecule has 10 rings (SSSR count). The lowest BCUT2D eigenvalue weighted by Crippen LogP contribution is -2.55. The van der Waals surface area contributed by atoms with Crippen LogP contribution in [0, 0.1) is 0 Å². The molecule has 7 aromatic carbocycles. The number of ether oxygens (including phenoxy) is 2. The van der Waals surface area contributed by atoms with Gasteiger partial charge in [0.1, 0.15) is 11.5 Å². The van der Waals surface area contributed by atoms with Crippen LogP contribution in [0.2, 0.25) is 0 Å². The van der Waals surface area contributed by atoms with Gasteiger partial charge in [0.15, 0.2) is 0 Å². The molecule has 0 saturated heterocycles. The average molecular weight is 691 g/mol. The summed E-state index contributed by atoms with van der Waals surface area (Å²) in [5.41, 5.74) is 8.75. The molecule has 2 aliphatic heterocycles. The summed E-state index contributed by atoms with van der Waals surface area (Å²) in [7, 11) is 0. The quantitative estimate of drug-likeness (QED) is 0.184. The van der Waals surface area contributed by atoms with Crippen molar-refractivity contribution in [2.75, 3.05) is 4.90 Å². The number of hydrogen-bond donors (Lipinski definition) is 0. The van der Waals surface area contributed by atoms with Gasteiger partial charge in [0.05, 0.1) is 16.7 Å². The largest absolute Gasteiger partial charge is 0.452 e. The molecule has 0 bridgehead atoms. The van der Waals surface area contributed by atoms with E-state index in [-0.39, 0.29) is 10.8 Å². The van der Waals surface area contributed by atoms with Crippen molar-refractivity contribution < 1.29 is 9.47 Å². The summed E-state index contributed by atoms with van der Waals surface area (Å²) in [6.07, 6.45) is 1.47. The van der Waals surface area contributed by atoms with E-state index in [1.807, 2.05) is 0 Å². The minimum absolute atomic E-state index is 0.183. The molecule has 1 spiro atoms. The number of anilines is 3. The molecule has 0 aliphatic carbocycles. The molecule has 53 heavy (non-hydrogen) atoms. The van der Waals surface area contributed by atoms with Crippen molar-refractivity contribution in [2.45, 2.75) is 57.2 Å². The second kappa shape index (κ2) is 11.5. The summed E-state index contributed by atoms with van der Waals surface area (Å²) in [5, 5.41) is 4.90. The van der Waals surface area contributed by atoms with Gasteiger partial charge < -0.3 is 18.9 Å². The molecular formula is C49H42N2O2. The van der Waals surface area contributed by atoms with Gasteiger partial charge in [0.25, 0.3) is 5.79 Å². The topological polar surface area (TPSA) is 26.6 Å². The molecule has 1 unspecified atom stereocenters. The van der Waals surface area contributed by atoms with Gasteiger partial charge in [0, 0.05) is 80.2 Å². The fourth-order valence-electron chi connectivity index (χ4n) is 9.36. The zero-order valence-electron chi connectivity index (χ0n) is 30.6. The highest BCUT2D eigenvalue weighted by molar-refractivity contribution is 6.09. The van der Waals surface area contributed by atoms with Gasteiger partial charge in [-0.2, -0.15) is 0 Å². The van der Waals surface area contributed by atoms with Crippen molar-refractivity contribution in [3.63, 3.8) is 0 Å². The minimum atomic E-state index is -0.845. The van der Waals surface area contributed by atoms with Gasteiger partial charge in [-0.05, 0) is 47.9 Å². The third kappa shape index (κ3) is 5.03. The van der Waals surface area contributed by atoms with Crippen molar-refractivity contribution in [1.82, 2.24) is 4.57 Å². The Morgan fingerprint density at radius 2 is 1.04 bits per heavy atom. The first-order valence-corrected chi connectivity index (χ1v) is 18.7. The number of aromatic nitrogens is 1. The van der Waals surface area contributed by atoms with E-state index in [2.05, 4.69) is 195 Å². The van der Waals surface area contributed by atoms with Crippen LogP contribution in [0.4, 0.5) is 17.1 Å². The maximum Gasteiger partial charge on any atom is 0.252 e. The van der Waals surface area contributed by atoms with Gasteiger partial charge in [0.2, 0.25) is 0 Å². The Morgan fingerprint density at radius 1 is 0.491 bits per heavy atom. The second-order valence-corrected chi connectivity index (χ2v) is 16.1. The molecule has 4 heteroatoms. The van der Waals surface area contributed by atoms with Crippen molar-refractivity contribution in [3.05, 3.63) is 169 Å². The van der Waals surface area contributed by atoms with Crippen molar-refractivity contribution >= 4 is 49.6 Å². The Bertz CT molecular complexity index is 2650. The number of fused-ring (bicyclic) bond motifs is 6. The fourth-order valence-corrected chi connectivity index (χ4v) is 9.36. The van der Waals surface area contributed by atoms with E-state index in [1.165, 1.54) is 43.7 Å². The van der Waals surface area contributed by atoms with Crippen LogP contribution in [-0.4, -0.2) is 10.4 Å². The highest BCUT2D eigenvalue weighted by Gasteiger charge is 2.53. The van der Waals surface area contributed by atoms with Crippen molar-refractivity contribution in [2.24, 2.45) is 0 Å². The smallest absolute Gasteiger partial charge is 0.252 e. The summed E-state index contributed by atoms with van der Waals surface area (Å²) in [6.45, 7) is 9.32. The second-order valence-electron chi connectivity index (χ2n) is 16.1. The van der Waals surface area contributed by atoms with Gasteiger partial charge in [-0.25, -0.2) is 0 Å². The SMILES string of the molecule is CC1(C)CC2(CC(C)(C)c3ccc(-n4c5ccccc5c5ccccc54)cc3O2)Oc2cc(N(c3ccccc3)c3cccc4ccccc34)ccc21. The zero-order chi connectivity index (χ0) is 36.0. The summed E-state index contributed by atoms with van der Waals surface area (Å²) >= 11 is 0. The molecule has 3 heterocycles. The van der Waals surface area contributed by atoms with Crippen LogP contribution < -0.4 is 14.4 Å². The molecule has 4 nitrogen and oxygen atoms in total. The van der Waals surface area contributed by atoms with Gasteiger partial charge in [-0.1, -0.05) is 131 Å². The van der Waals surface area contributed by atoms with E-state index in [1.54, 1.807) is 0 Å². The first-order valence-electron chi connectivity index (χ1n) is 18.7. The first-order chi connectivity index (χ1) is 25.7. The molecule has 0 saturated carbocycles. The molecule has 0 N–H and O–H groups in total. The molecule has 8 aromatic rings. The number of para-hydroxylation sites is 3. The molecule has 0 radical (unpaired) electrons. The number of rotatable bonds is 4. The van der Waals surface area contributed by atoms with Crippen LogP contribution in [0.25, 0.3) is 38.3 Å². The van der Waals surface area contributed by atoms with Crippen LogP contribution in [0.15, 0.2) is 158 Å². The van der Waals surface area contributed by atoms with Gasteiger partial charge in [-0.3, -0.25) is 0 Å². The van der Waals surface area contributed by atoms with Crippen LogP contribution in [0.3, 0.4) is 0 Å². The number of hydrogen-bond acceptors (Lipinski definition) is 3. The summed E-state index contributed by atoms with van der Waals surface area (Å²) < 4.78 is 16.8. The highest BCUT2D eigenvalue weighted by Crippen LogP contribution is 2.55. The van der Waals surface area contributed by atoms with Crippen LogP contribution >= 0.6 is 0 Å². The highest BCUT2D eigenvalue weighted by atomic mass is 16.7. The van der Waals surface area contributed by atoms with Crippen molar-refractivity contribution in [3.8, 4) is 17.2 Å². The summed E-state index contributed by atoms with van der Waals surface area (Å²) in [5.74, 6) is 0.914. The van der Waals surface area contributed by atoms with E-state index < -0.39 is 5.79 Å². The third-order valence-electron chi connectivity index (χ3n) is 11.5. The Hall–Kier alpha value is -6.00. The maximum atomic E-state index is 7.25. The lowest BCUT2D eigenvalue weighted by molar-refractivity contribution is -0.166. The van der Waals surface area contributed by atoms with E-state index in [4.69, 9.17) is 9.47 Å². The lowest BCUT2D eigenvalue weighted by Gasteiger charge is -2.51. The predicted octanol–water partition coefficient (Wildman–Crippen LogP) is 12.9. The maximum absolute atomic E-state index is 7.25. The monoisotopic (exact) mass is 690 g/mol. The summed E-state index contributed by atoms with van der Waals surface area (Å²) in [4.78, 5) is 2.35. The molecular weight excluding hydrogens is 649 g/mol. The Morgan fingerprint density at radius 3 is 1.72 bits per heavy atom. The van der Waals surface area contributed by atoms with E-state index >= 15 is 0 Å². The summed E-state index contributed by atoms with van der Waals surface area (Å²) in [6, 6.07) is 56.5. The van der Waals surface area contributed by atoms with E-state index in [9.17, 15) is 0 Å². The predicted molar refractivity (Wildman–Crippen MR) is 219 cm³/mol. The molecule has 1 atom stereocenters. The molecule has 2 aliphatic rings. The normalized spacial score (nSPS) is 18.3. The molecule has 0 amide bonds. The van der Waals surface area contributed by atoms with Crippen LogP contribution in [0.1, 0.15) is 51.7 Å². The fraction of sp³-hybridized carbons (Fsp3) is 0.184. The molecule has 1 aromatic heterocycles. The van der Waals surface area contributed by atoms with Gasteiger partial charge >= 0.3 is 0 Å².